The van der Waals surface area contributed by atoms with Crippen molar-refractivity contribution in [2.24, 2.45) is 0 Å². The molecule has 0 fully saturated rings. The van der Waals surface area contributed by atoms with Gasteiger partial charge in [-0.1, -0.05) is 19.1 Å². The van der Waals surface area contributed by atoms with Gasteiger partial charge in [-0.15, -0.1) is 0 Å². The van der Waals surface area contributed by atoms with E-state index in [4.69, 9.17) is 0 Å². The molecule has 7 nitrogen and oxygen atoms in total. The van der Waals surface area contributed by atoms with Crippen molar-refractivity contribution in [3.63, 3.8) is 0 Å². The number of hydrogen-bond acceptors (Lipinski definition) is 4. The van der Waals surface area contributed by atoms with Crippen LogP contribution in [0.25, 0.3) is 0 Å². The fourth-order valence-electron chi connectivity index (χ4n) is 2.57. The number of nitrogens with one attached hydrogen (secondary N) is 4. The van der Waals surface area contributed by atoms with Gasteiger partial charge in [0.05, 0.1) is 6.54 Å². The largest absolute Gasteiger partial charge is 0.376 e. The molecule has 0 radical (unpaired) electrons. The van der Waals surface area contributed by atoms with Gasteiger partial charge in [0.25, 0.3) is 11.8 Å². The standard InChI is InChI=1S/C22H28N4O3/c1-4-15(3)25-22(29)17-9-6-10-18(12-17)24-14-20(27)26-19-11-7-8-16(13-19)21(28)23-5-2/h6-13,15,24H,4-5,14H2,1-3H3,(H,23,28)(H,25,29)(H,26,27). The monoisotopic (exact) mass is 396 g/mol. The zero-order valence-electron chi connectivity index (χ0n) is 17.0. The maximum Gasteiger partial charge on any atom is 0.251 e. The van der Waals surface area contributed by atoms with E-state index in [1.807, 2.05) is 20.8 Å². The molecule has 1 unspecified atom stereocenters. The van der Waals surface area contributed by atoms with Crippen LogP contribution in [0.4, 0.5) is 11.4 Å². The Morgan fingerprint density at radius 1 is 0.897 bits per heavy atom. The second kappa shape index (κ2) is 10.8. The molecule has 2 rings (SSSR count). The van der Waals surface area contributed by atoms with E-state index in [-0.39, 0.29) is 30.3 Å². The average Bonchev–Trinajstić information content (AvgIpc) is 2.72. The van der Waals surface area contributed by atoms with Crippen molar-refractivity contribution in [2.45, 2.75) is 33.2 Å². The quantitative estimate of drug-likeness (QED) is 0.524. The summed E-state index contributed by atoms with van der Waals surface area (Å²) in [6.07, 6.45) is 0.852. The minimum absolute atomic E-state index is 0.0296. The maximum atomic E-state index is 12.2. The lowest BCUT2D eigenvalue weighted by atomic mass is 10.1. The number of rotatable bonds is 9. The number of benzene rings is 2. The lowest BCUT2D eigenvalue weighted by molar-refractivity contribution is -0.114. The third-order valence-electron chi connectivity index (χ3n) is 4.31. The average molecular weight is 396 g/mol. The van der Waals surface area contributed by atoms with E-state index in [0.29, 0.717) is 29.0 Å². The molecule has 0 aliphatic heterocycles. The van der Waals surface area contributed by atoms with Crippen molar-refractivity contribution in [2.75, 3.05) is 23.7 Å². The molecule has 0 aliphatic rings. The van der Waals surface area contributed by atoms with Crippen LogP contribution in [0.1, 0.15) is 47.9 Å². The Hall–Kier alpha value is -3.35. The highest BCUT2D eigenvalue weighted by Crippen LogP contribution is 2.13. The molecule has 0 aromatic heterocycles. The molecule has 0 aliphatic carbocycles. The Bertz CT molecular complexity index is 867. The minimum atomic E-state index is -0.257. The van der Waals surface area contributed by atoms with Crippen LogP contribution in [0.3, 0.4) is 0 Å². The fourth-order valence-corrected chi connectivity index (χ4v) is 2.57. The molecule has 29 heavy (non-hydrogen) atoms. The van der Waals surface area contributed by atoms with Crippen LogP contribution in [0.5, 0.6) is 0 Å². The molecule has 0 spiro atoms. The first-order valence-electron chi connectivity index (χ1n) is 9.75. The van der Waals surface area contributed by atoms with Crippen LogP contribution in [0.2, 0.25) is 0 Å². The van der Waals surface area contributed by atoms with E-state index in [0.717, 1.165) is 6.42 Å². The third kappa shape index (κ3) is 6.95. The molecule has 7 heteroatoms. The molecule has 1 atom stereocenters. The minimum Gasteiger partial charge on any atom is -0.376 e. The molecule has 4 N–H and O–H groups in total. The maximum absolute atomic E-state index is 12.2. The van der Waals surface area contributed by atoms with Crippen molar-refractivity contribution >= 4 is 29.1 Å². The summed E-state index contributed by atoms with van der Waals surface area (Å²) < 4.78 is 0. The summed E-state index contributed by atoms with van der Waals surface area (Å²) in [4.78, 5) is 36.4. The number of amides is 3. The topological polar surface area (TPSA) is 99.3 Å². The Morgan fingerprint density at radius 2 is 1.52 bits per heavy atom. The number of hydrogen-bond donors (Lipinski definition) is 4. The van der Waals surface area contributed by atoms with Crippen LogP contribution in [-0.4, -0.2) is 36.9 Å². The van der Waals surface area contributed by atoms with E-state index in [1.165, 1.54) is 0 Å². The molecule has 3 amide bonds. The Kier molecular flexibility index (Phi) is 8.21. The lowest BCUT2D eigenvalue weighted by Gasteiger charge is -2.13. The van der Waals surface area contributed by atoms with E-state index < -0.39 is 0 Å². The number of carbonyl (C=O) groups excluding carboxylic acids is 3. The van der Waals surface area contributed by atoms with Gasteiger partial charge in [0, 0.05) is 35.1 Å². The second-order valence-corrected chi connectivity index (χ2v) is 6.71. The summed E-state index contributed by atoms with van der Waals surface area (Å²) in [5.74, 6) is -0.587. The zero-order chi connectivity index (χ0) is 21.2. The highest BCUT2D eigenvalue weighted by Gasteiger charge is 2.10. The zero-order valence-corrected chi connectivity index (χ0v) is 17.0. The second-order valence-electron chi connectivity index (χ2n) is 6.71. The van der Waals surface area contributed by atoms with E-state index in [9.17, 15) is 14.4 Å². The summed E-state index contributed by atoms with van der Waals surface area (Å²) in [5, 5.41) is 11.4. The third-order valence-corrected chi connectivity index (χ3v) is 4.31. The van der Waals surface area contributed by atoms with Crippen molar-refractivity contribution in [1.82, 2.24) is 10.6 Å². The molecular formula is C22H28N4O3. The van der Waals surface area contributed by atoms with Gasteiger partial charge in [-0.05, 0) is 56.7 Å². The summed E-state index contributed by atoms with van der Waals surface area (Å²) in [5.41, 5.74) is 2.23. The van der Waals surface area contributed by atoms with Gasteiger partial charge in [0.2, 0.25) is 5.91 Å². The van der Waals surface area contributed by atoms with Gasteiger partial charge in [-0.25, -0.2) is 0 Å². The van der Waals surface area contributed by atoms with Crippen LogP contribution in [0.15, 0.2) is 48.5 Å². The van der Waals surface area contributed by atoms with Crippen LogP contribution in [-0.2, 0) is 4.79 Å². The predicted molar refractivity (Wildman–Crippen MR) is 115 cm³/mol. The molecule has 154 valence electrons. The van der Waals surface area contributed by atoms with E-state index in [2.05, 4.69) is 21.3 Å². The van der Waals surface area contributed by atoms with Gasteiger partial charge in [-0.2, -0.15) is 0 Å². The number of carbonyl (C=O) groups is 3. The smallest absolute Gasteiger partial charge is 0.251 e. The van der Waals surface area contributed by atoms with Gasteiger partial charge in [0.1, 0.15) is 0 Å². The SMILES string of the molecule is CCNC(=O)c1cccc(NC(=O)CNc2cccc(C(=O)NC(C)CC)c2)c1. The van der Waals surface area contributed by atoms with Gasteiger partial charge in [-0.3, -0.25) is 14.4 Å². The normalized spacial score (nSPS) is 11.3. The van der Waals surface area contributed by atoms with Gasteiger partial charge >= 0.3 is 0 Å². The van der Waals surface area contributed by atoms with E-state index >= 15 is 0 Å². The van der Waals surface area contributed by atoms with Crippen molar-refractivity contribution in [3.8, 4) is 0 Å². The van der Waals surface area contributed by atoms with Crippen LogP contribution in [0, 0.1) is 0 Å². The highest BCUT2D eigenvalue weighted by atomic mass is 16.2. The Morgan fingerprint density at radius 3 is 2.17 bits per heavy atom. The van der Waals surface area contributed by atoms with Crippen molar-refractivity contribution in [3.05, 3.63) is 59.7 Å². The van der Waals surface area contributed by atoms with Crippen LogP contribution < -0.4 is 21.3 Å². The Balaban J connectivity index is 1.93. The first kappa shape index (κ1) is 21.9. The highest BCUT2D eigenvalue weighted by molar-refractivity contribution is 5.98. The Labute approximate surface area is 171 Å². The summed E-state index contributed by atoms with van der Waals surface area (Å²) >= 11 is 0. The first-order valence-corrected chi connectivity index (χ1v) is 9.75. The summed E-state index contributed by atoms with van der Waals surface area (Å²) in [6.45, 7) is 6.37. The van der Waals surface area contributed by atoms with Crippen molar-refractivity contribution < 1.29 is 14.4 Å². The van der Waals surface area contributed by atoms with Crippen molar-refractivity contribution in [1.29, 1.82) is 0 Å². The number of anilines is 2. The summed E-state index contributed by atoms with van der Waals surface area (Å²) in [7, 11) is 0. The predicted octanol–water partition coefficient (Wildman–Crippen LogP) is 3.02. The van der Waals surface area contributed by atoms with Crippen LogP contribution >= 0.6 is 0 Å². The van der Waals surface area contributed by atoms with Gasteiger partial charge in [0.15, 0.2) is 0 Å². The molecule has 0 heterocycles. The molecule has 2 aromatic rings. The van der Waals surface area contributed by atoms with Gasteiger partial charge < -0.3 is 21.3 Å². The molecule has 2 aromatic carbocycles. The lowest BCUT2D eigenvalue weighted by Crippen LogP contribution is -2.31. The fraction of sp³-hybridized carbons (Fsp3) is 0.318. The molecular weight excluding hydrogens is 368 g/mol. The first-order chi connectivity index (χ1) is 13.9. The molecule has 0 bridgehead atoms. The summed E-state index contributed by atoms with van der Waals surface area (Å²) in [6, 6.07) is 13.9. The molecule has 0 saturated carbocycles. The van der Waals surface area contributed by atoms with E-state index in [1.54, 1.807) is 48.5 Å². The molecule has 0 saturated heterocycles.